The van der Waals surface area contributed by atoms with E-state index in [-0.39, 0.29) is 16.9 Å². The lowest BCUT2D eigenvalue weighted by molar-refractivity contribution is 0.326. The predicted molar refractivity (Wildman–Crippen MR) is 131 cm³/mol. The van der Waals surface area contributed by atoms with Crippen molar-refractivity contribution in [2.24, 2.45) is 0 Å². The van der Waals surface area contributed by atoms with Crippen LogP contribution in [0.15, 0.2) is 56.7 Å². The molecule has 0 amide bonds. The summed E-state index contributed by atoms with van der Waals surface area (Å²) in [4.78, 5) is 7.64. The molecule has 0 radical (unpaired) electrons. The highest BCUT2D eigenvalue weighted by molar-refractivity contribution is 9.10. The number of hydrogen-bond acceptors (Lipinski definition) is 6. The molecule has 1 N–H and O–H groups in total. The average Bonchev–Trinajstić information content (AvgIpc) is 3.42. The van der Waals surface area contributed by atoms with Gasteiger partial charge in [0.1, 0.15) is 10.7 Å². The van der Waals surface area contributed by atoms with Gasteiger partial charge in [0.05, 0.1) is 16.2 Å². The van der Waals surface area contributed by atoms with Crippen LogP contribution in [0, 0.1) is 5.82 Å². The van der Waals surface area contributed by atoms with Gasteiger partial charge in [0.15, 0.2) is 5.82 Å². The molecule has 0 saturated carbocycles. The lowest BCUT2D eigenvalue weighted by Crippen LogP contribution is -2.34. The number of nitrogens with zero attached hydrogens (tertiary/aromatic N) is 3. The number of nitrogens with one attached hydrogen (secondary N) is 1. The van der Waals surface area contributed by atoms with E-state index < -0.39 is 20.7 Å². The van der Waals surface area contributed by atoms with Crippen LogP contribution in [0.5, 0.6) is 0 Å². The molecule has 0 aliphatic carbocycles. The second kappa shape index (κ2) is 9.64. The number of thiazole rings is 1. The van der Waals surface area contributed by atoms with E-state index in [4.69, 9.17) is 11.6 Å². The van der Waals surface area contributed by atoms with E-state index in [1.165, 1.54) is 33.9 Å². The molecule has 0 bridgehead atoms. The Hall–Kier alpha value is -1.72. The molecule has 2 aromatic carbocycles. The van der Waals surface area contributed by atoms with Gasteiger partial charge in [-0.05, 0) is 30.2 Å². The van der Waals surface area contributed by atoms with Crippen LogP contribution in [0.1, 0.15) is 12.0 Å². The fraction of sp³-hybridized carbons (Fsp3) is 0.286. The number of aromatic nitrogens is 1. The largest absolute Gasteiger partial charge is 0.369 e. The Morgan fingerprint density at radius 2 is 2.09 bits per heavy atom. The van der Waals surface area contributed by atoms with Crippen molar-refractivity contribution in [1.29, 1.82) is 0 Å². The predicted octanol–water partition coefficient (Wildman–Crippen LogP) is 5.21. The van der Waals surface area contributed by atoms with E-state index >= 15 is 0 Å². The Morgan fingerprint density at radius 3 is 2.78 bits per heavy atom. The van der Waals surface area contributed by atoms with Crippen molar-refractivity contribution < 1.29 is 12.8 Å². The van der Waals surface area contributed by atoms with Gasteiger partial charge in [-0.1, -0.05) is 39.7 Å². The third-order valence-corrected chi connectivity index (χ3v) is 8.24. The fourth-order valence-electron chi connectivity index (χ4n) is 3.77. The molecule has 4 rings (SSSR count). The summed E-state index contributed by atoms with van der Waals surface area (Å²) in [5.41, 5.74) is 3.18. The SMILES string of the molecule is CN(c1cc(F)c(S(=O)(=O)Nc2cscn2)cc1Cl)C1CCN(Cc2ccc(Br)cc2)C1. The molecule has 170 valence electrons. The quantitative estimate of drug-likeness (QED) is 0.431. The van der Waals surface area contributed by atoms with Crippen LogP contribution in [0.4, 0.5) is 15.9 Å². The fourth-order valence-corrected chi connectivity index (χ4v) is 6.04. The highest BCUT2D eigenvalue weighted by Crippen LogP contribution is 2.33. The molecule has 6 nitrogen and oxygen atoms in total. The number of likely N-dealkylation sites (tertiary alicyclic amines) is 1. The van der Waals surface area contributed by atoms with Crippen LogP contribution in [-0.4, -0.2) is 44.5 Å². The molecule has 1 atom stereocenters. The molecule has 2 heterocycles. The summed E-state index contributed by atoms with van der Waals surface area (Å²) < 4.78 is 43.3. The number of anilines is 2. The van der Waals surface area contributed by atoms with Gasteiger partial charge in [-0.25, -0.2) is 17.8 Å². The van der Waals surface area contributed by atoms with Crippen molar-refractivity contribution in [3.05, 3.63) is 68.2 Å². The molecule has 1 unspecified atom stereocenters. The Balaban J connectivity index is 1.47. The van der Waals surface area contributed by atoms with Crippen LogP contribution >= 0.6 is 38.9 Å². The van der Waals surface area contributed by atoms with Gasteiger partial charge >= 0.3 is 0 Å². The van der Waals surface area contributed by atoms with Crippen molar-refractivity contribution in [2.75, 3.05) is 29.8 Å². The van der Waals surface area contributed by atoms with E-state index in [9.17, 15) is 12.8 Å². The van der Waals surface area contributed by atoms with Gasteiger partial charge in [-0.2, -0.15) is 0 Å². The first-order valence-corrected chi connectivity index (χ1v) is 13.4. The normalized spacial score (nSPS) is 16.9. The number of halogens is 3. The van der Waals surface area contributed by atoms with Gasteiger partial charge in [-0.3, -0.25) is 9.62 Å². The molecule has 3 aromatic rings. The first kappa shape index (κ1) is 23.4. The van der Waals surface area contributed by atoms with E-state index in [1.807, 2.05) is 24.1 Å². The summed E-state index contributed by atoms with van der Waals surface area (Å²) >= 11 is 11.1. The van der Waals surface area contributed by atoms with E-state index in [0.29, 0.717) is 5.69 Å². The molecule has 1 fully saturated rings. The van der Waals surface area contributed by atoms with Crippen molar-refractivity contribution in [3.63, 3.8) is 0 Å². The second-order valence-electron chi connectivity index (χ2n) is 7.63. The zero-order valence-corrected chi connectivity index (χ0v) is 21.1. The maximum atomic E-state index is 14.9. The number of rotatable bonds is 7. The Labute approximate surface area is 204 Å². The Kier molecular flexibility index (Phi) is 7.06. The summed E-state index contributed by atoms with van der Waals surface area (Å²) in [6.45, 7) is 2.55. The first-order chi connectivity index (χ1) is 15.2. The van der Waals surface area contributed by atoms with E-state index in [2.05, 4.69) is 42.7 Å². The monoisotopic (exact) mass is 558 g/mol. The summed E-state index contributed by atoms with van der Waals surface area (Å²) in [5.74, 6) is -0.716. The lowest BCUT2D eigenvalue weighted by atomic mass is 10.2. The van der Waals surface area contributed by atoms with Crippen molar-refractivity contribution in [2.45, 2.75) is 23.9 Å². The van der Waals surface area contributed by atoms with Crippen molar-refractivity contribution in [3.8, 4) is 0 Å². The number of likely N-dealkylation sites (N-methyl/N-ethyl adjacent to an activating group) is 1. The van der Waals surface area contributed by atoms with Crippen LogP contribution in [0.3, 0.4) is 0 Å². The maximum absolute atomic E-state index is 14.9. The molecular formula is C21H21BrClFN4O2S2. The minimum atomic E-state index is -4.14. The standard InChI is InChI=1S/C21H21BrClFN4O2S2/c1-27(16-6-7-28(11-16)10-14-2-4-15(22)5-3-14)19-9-18(24)20(8-17(19)23)32(29,30)26-21-12-31-13-25-21/h2-5,8-9,12-13,16,26H,6-7,10-11H2,1H3. The van der Waals surface area contributed by atoms with Gasteiger partial charge in [-0.15, -0.1) is 11.3 Å². The van der Waals surface area contributed by atoms with Gasteiger partial charge in [0.25, 0.3) is 10.0 Å². The van der Waals surface area contributed by atoms with E-state index in [0.717, 1.165) is 36.6 Å². The number of sulfonamides is 1. The Morgan fingerprint density at radius 1 is 1.34 bits per heavy atom. The van der Waals surface area contributed by atoms with Gasteiger partial charge in [0, 0.05) is 48.6 Å². The molecule has 11 heteroatoms. The van der Waals surface area contributed by atoms with Crippen LogP contribution < -0.4 is 9.62 Å². The zero-order valence-electron chi connectivity index (χ0n) is 17.1. The average molecular weight is 560 g/mol. The molecule has 0 spiro atoms. The summed E-state index contributed by atoms with van der Waals surface area (Å²) in [6, 6.07) is 10.7. The lowest BCUT2D eigenvalue weighted by Gasteiger charge is -2.28. The zero-order chi connectivity index (χ0) is 22.9. The third-order valence-electron chi connectivity index (χ3n) is 5.46. The summed E-state index contributed by atoms with van der Waals surface area (Å²) in [6.07, 6.45) is 0.899. The number of benzene rings is 2. The third kappa shape index (κ3) is 5.26. The highest BCUT2D eigenvalue weighted by Gasteiger charge is 2.29. The Bertz CT molecular complexity index is 1190. The topological polar surface area (TPSA) is 65.5 Å². The molecule has 1 aliphatic rings. The van der Waals surface area contributed by atoms with Gasteiger partial charge < -0.3 is 4.90 Å². The van der Waals surface area contributed by atoms with Crippen LogP contribution in [0.2, 0.25) is 5.02 Å². The molecule has 1 aromatic heterocycles. The molecule has 32 heavy (non-hydrogen) atoms. The minimum Gasteiger partial charge on any atom is -0.369 e. The summed E-state index contributed by atoms with van der Waals surface area (Å²) in [5, 5.41) is 1.71. The van der Waals surface area contributed by atoms with Crippen LogP contribution in [-0.2, 0) is 16.6 Å². The van der Waals surface area contributed by atoms with Gasteiger partial charge in [0.2, 0.25) is 0 Å². The smallest absolute Gasteiger partial charge is 0.266 e. The van der Waals surface area contributed by atoms with E-state index in [1.54, 1.807) is 0 Å². The highest BCUT2D eigenvalue weighted by atomic mass is 79.9. The molecule has 1 aliphatic heterocycles. The first-order valence-electron chi connectivity index (χ1n) is 9.82. The number of hydrogen-bond donors (Lipinski definition) is 1. The van der Waals surface area contributed by atoms with Crippen molar-refractivity contribution in [1.82, 2.24) is 9.88 Å². The second-order valence-corrected chi connectivity index (χ2v) is 11.3. The maximum Gasteiger partial charge on any atom is 0.266 e. The summed E-state index contributed by atoms with van der Waals surface area (Å²) in [7, 11) is -2.28. The molecular weight excluding hydrogens is 539 g/mol. The molecule has 1 saturated heterocycles. The van der Waals surface area contributed by atoms with Crippen molar-refractivity contribution >= 4 is 60.4 Å². The van der Waals surface area contributed by atoms with Crippen LogP contribution in [0.25, 0.3) is 0 Å². The minimum absolute atomic E-state index is 0.137.